The molecule has 2 aliphatic heterocycles. The Hall–Kier alpha value is -2.51. The molecule has 1 fully saturated rings. The molecule has 0 aliphatic carbocycles. The number of hydrogen-bond acceptors (Lipinski definition) is 6. The van der Waals surface area contributed by atoms with E-state index < -0.39 is 32.1 Å². The van der Waals surface area contributed by atoms with Crippen molar-refractivity contribution in [2.45, 2.75) is 76.2 Å². The van der Waals surface area contributed by atoms with Crippen LogP contribution >= 0.6 is 0 Å². The average Bonchev–Trinajstić information content (AvgIpc) is 3.25. The summed E-state index contributed by atoms with van der Waals surface area (Å²) in [5.74, 6) is 3.17. The van der Waals surface area contributed by atoms with Crippen LogP contribution in [0.1, 0.15) is 31.9 Å². The molecule has 210 valence electrons. The van der Waals surface area contributed by atoms with Crippen LogP contribution in [-0.2, 0) is 27.4 Å². The number of hydrogen-bond donors (Lipinski definition) is 2. The molecule has 2 aliphatic rings. The molecule has 4 atom stereocenters. The maximum absolute atomic E-state index is 14.2. The summed E-state index contributed by atoms with van der Waals surface area (Å²) >= 11 is 0. The van der Waals surface area contributed by atoms with Crippen molar-refractivity contribution in [2.75, 3.05) is 19.8 Å². The van der Waals surface area contributed by atoms with E-state index in [0.29, 0.717) is 13.3 Å². The van der Waals surface area contributed by atoms with Crippen LogP contribution in [-0.4, -0.2) is 61.9 Å². The van der Waals surface area contributed by atoms with Gasteiger partial charge in [-0.1, -0.05) is 87.4 Å². The van der Waals surface area contributed by atoms with Crippen molar-refractivity contribution in [1.29, 1.82) is 0 Å². The Morgan fingerprint density at radius 2 is 1.64 bits per heavy atom. The molecule has 6 nitrogen and oxygen atoms in total. The fraction of sp³-hybridized carbons (Fsp3) is 0.484. The number of halogens is 1. The Labute approximate surface area is 233 Å². The highest BCUT2D eigenvalue weighted by molar-refractivity contribution is 6.87. The van der Waals surface area contributed by atoms with Crippen molar-refractivity contribution in [3.05, 3.63) is 83.8 Å². The zero-order valence-electron chi connectivity index (χ0n) is 23.2. The van der Waals surface area contributed by atoms with E-state index in [9.17, 15) is 9.50 Å². The van der Waals surface area contributed by atoms with E-state index in [1.54, 1.807) is 4.90 Å². The normalized spacial score (nSPS) is 25.2. The number of benzene rings is 2. The molecular weight excluding hydrogens is 511 g/mol. The molecule has 2 aromatic rings. The molecule has 8 heteroatoms. The zero-order chi connectivity index (χ0) is 27.7. The molecule has 2 N–H and O–H groups in total. The van der Waals surface area contributed by atoms with Gasteiger partial charge in [0, 0.05) is 6.20 Å². The highest BCUT2D eigenvalue weighted by Gasteiger charge is 2.57. The van der Waals surface area contributed by atoms with Crippen LogP contribution in [0.4, 0.5) is 4.39 Å². The van der Waals surface area contributed by atoms with Crippen LogP contribution in [0.15, 0.2) is 72.7 Å². The van der Waals surface area contributed by atoms with Gasteiger partial charge in [-0.2, -0.15) is 0 Å². The van der Waals surface area contributed by atoms with Crippen LogP contribution in [0.25, 0.3) is 0 Å². The monoisotopic (exact) mass is 552 g/mol. The summed E-state index contributed by atoms with van der Waals surface area (Å²) in [5.41, 5.74) is 4.44. The molecule has 2 aromatic carbocycles. The van der Waals surface area contributed by atoms with E-state index in [-0.39, 0.29) is 25.6 Å². The van der Waals surface area contributed by atoms with E-state index in [4.69, 9.17) is 14.2 Å². The third-order valence-electron chi connectivity index (χ3n) is 7.88. The maximum Gasteiger partial charge on any atom is 0.182 e. The Balaban J connectivity index is 1.70. The van der Waals surface area contributed by atoms with Gasteiger partial charge in [-0.25, -0.2) is 4.39 Å². The first-order valence-corrected chi connectivity index (χ1v) is 16.6. The van der Waals surface area contributed by atoms with Crippen LogP contribution < -0.4 is 5.32 Å². The second kappa shape index (κ2) is 13.7. The lowest BCUT2D eigenvalue weighted by molar-refractivity contribution is -0.133. The molecule has 4 rings (SSSR count). The topological polar surface area (TPSA) is 63.2 Å². The quantitative estimate of drug-likeness (QED) is 0.303. The average molecular weight is 553 g/mol. The van der Waals surface area contributed by atoms with Crippen molar-refractivity contribution in [2.24, 2.45) is 0 Å². The third-order valence-corrected chi connectivity index (χ3v) is 12.6. The zero-order valence-corrected chi connectivity index (χ0v) is 24.2. The summed E-state index contributed by atoms with van der Waals surface area (Å²) in [6.45, 7) is 7.86. The molecule has 0 saturated carbocycles. The summed E-state index contributed by atoms with van der Waals surface area (Å²) in [4.78, 5) is 1.65. The van der Waals surface area contributed by atoms with E-state index in [0.717, 1.165) is 29.3 Å². The summed E-state index contributed by atoms with van der Waals surface area (Å²) in [7, 11) is -1.88. The second-order valence-corrected chi connectivity index (χ2v) is 15.3. The van der Waals surface area contributed by atoms with Crippen molar-refractivity contribution >= 4 is 8.07 Å². The SMILES string of the molecule is CC[Si](C#C[C@]1(COCc2ccccc2)O[C@@H](N2C=C(F)CNC2)[C@H](O)[C@@H]1OCc1ccccc1)(CC)CC. The van der Waals surface area contributed by atoms with Gasteiger partial charge >= 0.3 is 0 Å². The lowest BCUT2D eigenvalue weighted by Crippen LogP contribution is -2.49. The molecule has 0 aromatic heterocycles. The van der Waals surface area contributed by atoms with Crippen molar-refractivity contribution in [3.8, 4) is 11.5 Å². The van der Waals surface area contributed by atoms with Gasteiger partial charge in [0.15, 0.2) is 11.8 Å². The summed E-state index contributed by atoms with van der Waals surface area (Å²) in [6, 6.07) is 22.8. The molecule has 0 spiro atoms. The fourth-order valence-electron chi connectivity index (χ4n) is 5.18. The van der Waals surface area contributed by atoms with E-state index in [1.807, 2.05) is 60.7 Å². The second-order valence-electron chi connectivity index (χ2n) is 10.4. The highest BCUT2D eigenvalue weighted by Crippen LogP contribution is 2.37. The summed E-state index contributed by atoms with van der Waals surface area (Å²) in [5, 5.41) is 14.7. The van der Waals surface area contributed by atoms with Crippen LogP contribution in [0, 0.1) is 11.5 Å². The number of aliphatic hydroxyl groups is 1. The highest BCUT2D eigenvalue weighted by atomic mass is 28.3. The lowest BCUT2D eigenvalue weighted by Gasteiger charge is -2.33. The Morgan fingerprint density at radius 1 is 1.03 bits per heavy atom. The lowest BCUT2D eigenvalue weighted by atomic mass is 9.96. The number of rotatable bonds is 11. The number of ether oxygens (including phenoxy) is 3. The van der Waals surface area contributed by atoms with Gasteiger partial charge in [-0.15, -0.1) is 5.54 Å². The Bertz CT molecular complexity index is 1130. The molecule has 39 heavy (non-hydrogen) atoms. The number of nitrogens with one attached hydrogen (secondary N) is 1. The Morgan fingerprint density at radius 3 is 2.23 bits per heavy atom. The van der Waals surface area contributed by atoms with Crippen molar-refractivity contribution < 1.29 is 23.7 Å². The van der Waals surface area contributed by atoms with E-state index in [1.165, 1.54) is 6.20 Å². The third kappa shape index (κ3) is 7.17. The minimum atomic E-state index is -1.88. The molecule has 0 radical (unpaired) electrons. The van der Waals surface area contributed by atoms with Gasteiger partial charge in [0.05, 0.1) is 33.0 Å². The Kier molecular flexibility index (Phi) is 10.4. The number of aliphatic hydroxyl groups excluding tert-OH is 1. The predicted octanol–water partition coefficient (Wildman–Crippen LogP) is 4.97. The minimum absolute atomic E-state index is 0.108. The number of nitrogens with zero attached hydrogens (tertiary/aromatic N) is 1. The standard InChI is InChI=1S/C31H41FN2O4Si/c1-4-39(5-2,6-3)18-17-31(23-36-21-25-13-9-7-10-14-25)29(37-22-26-15-11-8-12-16-26)28(35)30(38-31)34-20-27(32)19-33-24-34/h7-16,20,28-30,33,35H,4-6,19,21-24H2,1-3H3/t28-,29+,30-,31-/m1/s1. The van der Waals surface area contributed by atoms with Gasteiger partial charge in [0.25, 0.3) is 0 Å². The molecule has 0 unspecified atom stereocenters. The molecule has 1 saturated heterocycles. The molecule has 0 amide bonds. The van der Waals surface area contributed by atoms with Crippen molar-refractivity contribution in [3.63, 3.8) is 0 Å². The van der Waals surface area contributed by atoms with Gasteiger partial charge in [0.2, 0.25) is 0 Å². The predicted molar refractivity (Wildman–Crippen MR) is 154 cm³/mol. The smallest absolute Gasteiger partial charge is 0.182 e. The van der Waals surface area contributed by atoms with Gasteiger partial charge in [0.1, 0.15) is 26.1 Å². The van der Waals surface area contributed by atoms with Crippen LogP contribution in [0.2, 0.25) is 18.1 Å². The van der Waals surface area contributed by atoms with E-state index >= 15 is 0 Å². The molecule has 0 bridgehead atoms. The summed E-state index contributed by atoms with van der Waals surface area (Å²) < 4.78 is 33.6. The molecular formula is C31H41FN2O4Si. The van der Waals surface area contributed by atoms with Gasteiger partial charge in [-0.05, 0) is 29.3 Å². The maximum atomic E-state index is 14.2. The summed E-state index contributed by atoms with van der Waals surface area (Å²) in [6.07, 6.45) is -1.33. The van der Waals surface area contributed by atoms with Crippen LogP contribution in [0.3, 0.4) is 0 Å². The first-order valence-electron chi connectivity index (χ1n) is 13.9. The first-order chi connectivity index (χ1) is 18.9. The largest absolute Gasteiger partial charge is 0.386 e. The minimum Gasteiger partial charge on any atom is -0.386 e. The van der Waals surface area contributed by atoms with E-state index in [2.05, 4.69) is 37.6 Å². The fourth-order valence-corrected chi connectivity index (χ4v) is 7.68. The van der Waals surface area contributed by atoms with Crippen molar-refractivity contribution in [1.82, 2.24) is 10.2 Å². The van der Waals surface area contributed by atoms with Gasteiger partial charge < -0.3 is 24.2 Å². The van der Waals surface area contributed by atoms with Gasteiger partial charge in [-0.3, -0.25) is 5.32 Å². The molecule has 2 heterocycles. The first kappa shape index (κ1) is 29.5. The van der Waals surface area contributed by atoms with Crippen LogP contribution in [0.5, 0.6) is 0 Å².